The summed E-state index contributed by atoms with van der Waals surface area (Å²) >= 11 is 0. The topological polar surface area (TPSA) is 79.8 Å². The van der Waals surface area contributed by atoms with Gasteiger partial charge in [0.05, 0.1) is 0 Å². The molecule has 1 saturated heterocycles. The molecule has 1 N–H and O–H groups in total. The highest BCUT2D eigenvalue weighted by atomic mass is 19.1. The Labute approximate surface area is 191 Å². The Morgan fingerprint density at radius 3 is 2.82 bits per heavy atom. The average Bonchev–Trinajstić information content (AvgIpc) is 3.18. The zero-order valence-electron chi connectivity index (χ0n) is 18.3. The van der Waals surface area contributed by atoms with Crippen LogP contribution in [0.25, 0.3) is 11.4 Å². The van der Waals surface area contributed by atoms with Crippen molar-refractivity contribution >= 4 is 17.4 Å². The first-order valence-electron chi connectivity index (χ1n) is 10.8. The number of aromatic nitrogens is 2. The number of carbonyl (C=O) groups is 1. The number of anilines is 2. The molecule has 2 aliphatic rings. The second-order valence-electron chi connectivity index (χ2n) is 8.11. The fraction of sp³-hybridized carbons (Fsp3) is 0.292. The summed E-state index contributed by atoms with van der Waals surface area (Å²) < 4.78 is 24.6. The number of benzene rings is 2. The minimum Gasteiger partial charge on any atom is -0.454 e. The van der Waals surface area contributed by atoms with Gasteiger partial charge in [0, 0.05) is 37.1 Å². The largest absolute Gasteiger partial charge is 0.454 e. The highest BCUT2D eigenvalue weighted by Crippen LogP contribution is 2.35. The maximum atomic E-state index is 13.8. The standard InChI is InChI=1S/C24H24FN5O3/c1-29-8-3-9-30(11-10-29)24(31)19-14-26-22(16-6-7-20-21(12-16)33-15-32-20)28-23(19)27-18-5-2-4-17(25)13-18/h2,4-7,12-14H,3,8-11,15H2,1H3,(H,26,27,28). The molecule has 2 aromatic carbocycles. The molecular formula is C24H24FN5O3. The third-order valence-corrected chi connectivity index (χ3v) is 5.74. The first-order valence-corrected chi connectivity index (χ1v) is 10.8. The van der Waals surface area contributed by atoms with Gasteiger partial charge in [-0.3, -0.25) is 4.79 Å². The van der Waals surface area contributed by atoms with Crippen LogP contribution in [0, 0.1) is 5.82 Å². The van der Waals surface area contributed by atoms with E-state index < -0.39 is 0 Å². The summed E-state index contributed by atoms with van der Waals surface area (Å²) in [4.78, 5) is 26.6. The molecule has 3 heterocycles. The molecule has 0 bridgehead atoms. The maximum absolute atomic E-state index is 13.8. The molecule has 1 aromatic heterocycles. The third kappa shape index (κ3) is 4.58. The zero-order chi connectivity index (χ0) is 22.8. The van der Waals surface area contributed by atoms with Crippen LogP contribution >= 0.6 is 0 Å². The van der Waals surface area contributed by atoms with E-state index in [2.05, 4.69) is 20.2 Å². The van der Waals surface area contributed by atoms with Crippen molar-refractivity contribution in [2.45, 2.75) is 6.42 Å². The Kier molecular flexibility index (Phi) is 5.78. The number of fused-ring (bicyclic) bond motifs is 1. The van der Waals surface area contributed by atoms with Crippen LogP contribution in [0.4, 0.5) is 15.9 Å². The molecule has 33 heavy (non-hydrogen) atoms. The monoisotopic (exact) mass is 449 g/mol. The van der Waals surface area contributed by atoms with E-state index in [9.17, 15) is 9.18 Å². The van der Waals surface area contributed by atoms with E-state index in [4.69, 9.17) is 9.47 Å². The van der Waals surface area contributed by atoms with Crippen LogP contribution in [0.1, 0.15) is 16.8 Å². The Morgan fingerprint density at radius 2 is 1.94 bits per heavy atom. The van der Waals surface area contributed by atoms with Crippen molar-refractivity contribution in [2.75, 3.05) is 45.3 Å². The van der Waals surface area contributed by atoms with Gasteiger partial charge in [-0.2, -0.15) is 0 Å². The van der Waals surface area contributed by atoms with Gasteiger partial charge in [0.1, 0.15) is 17.2 Å². The van der Waals surface area contributed by atoms with Crippen molar-refractivity contribution in [3.8, 4) is 22.9 Å². The normalized spacial score (nSPS) is 15.9. The van der Waals surface area contributed by atoms with Crippen molar-refractivity contribution < 1.29 is 18.7 Å². The number of ether oxygens (including phenoxy) is 2. The van der Waals surface area contributed by atoms with Crippen molar-refractivity contribution in [1.82, 2.24) is 19.8 Å². The van der Waals surface area contributed by atoms with E-state index in [-0.39, 0.29) is 18.5 Å². The average molecular weight is 449 g/mol. The fourth-order valence-corrected chi connectivity index (χ4v) is 3.93. The van der Waals surface area contributed by atoms with Gasteiger partial charge in [0.25, 0.3) is 5.91 Å². The number of nitrogens with one attached hydrogen (secondary N) is 1. The van der Waals surface area contributed by atoms with Gasteiger partial charge in [0.15, 0.2) is 17.3 Å². The van der Waals surface area contributed by atoms with Crippen LogP contribution < -0.4 is 14.8 Å². The molecule has 2 aliphatic heterocycles. The number of rotatable bonds is 4. The summed E-state index contributed by atoms with van der Waals surface area (Å²) in [6.07, 6.45) is 2.43. The Hall–Kier alpha value is -3.72. The third-order valence-electron chi connectivity index (χ3n) is 5.74. The molecule has 9 heteroatoms. The minimum atomic E-state index is -0.381. The predicted molar refractivity (Wildman–Crippen MR) is 121 cm³/mol. The van der Waals surface area contributed by atoms with Gasteiger partial charge in [0.2, 0.25) is 6.79 Å². The highest BCUT2D eigenvalue weighted by molar-refractivity contribution is 5.99. The first kappa shape index (κ1) is 21.1. The SMILES string of the molecule is CN1CCCN(C(=O)c2cnc(-c3ccc4c(c3)OCO4)nc2Nc2cccc(F)c2)CC1. The van der Waals surface area contributed by atoms with Crippen LogP contribution in [-0.2, 0) is 0 Å². The van der Waals surface area contributed by atoms with E-state index in [0.29, 0.717) is 47.5 Å². The summed E-state index contributed by atoms with van der Waals surface area (Å²) in [7, 11) is 2.05. The fourth-order valence-electron chi connectivity index (χ4n) is 3.93. The summed E-state index contributed by atoms with van der Waals surface area (Å²) in [5, 5.41) is 3.12. The van der Waals surface area contributed by atoms with Crippen LogP contribution in [0.3, 0.4) is 0 Å². The van der Waals surface area contributed by atoms with Crippen molar-refractivity contribution in [3.63, 3.8) is 0 Å². The lowest BCUT2D eigenvalue weighted by Crippen LogP contribution is -2.35. The van der Waals surface area contributed by atoms with Gasteiger partial charge in [-0.15, -0.1) is 0 Å². The maximum Gasteiger partial charge on any atom is 0.259 e. The zero-order valence-corrected chi connectivity index (χ0v) is 18.3. The Morgan fingerprint density at radius 1 is 1.06 bits per heavy atom. The van der Waals surface area contributed by atoms with Gasteiger partial charge in [-0.05, 0) is 56.4 Å². The van der Waals surface area contributed by atoms with Gasteiger partial charge < -0.3 is 24.6 Å². The molecule has 3 aromatic rings. The quantitative estimate of drug-likeness (QED) is 0.653. The van der Waals surface area contributed by atoms with E-state index >= 15 is 0 Å². The van der Waals surface area contributed by atoms with E-state index in [1.54, 1.807) is 24.3 Å². The van der Waals surface area contributed by atoms with Crippen molar-refractivity contribution in [2.24, 2.45) is 0 Å². The first-order chi connectivity index (χ1) is 16.1. The second-order valence-corrected chi connectivity index (χ2v) is 8.11. The summed E-state index contributed by atoms with van der Waals surface area (Å²) in [6.45, 7) is 3.20. The lowest BCUT2D eigenvalue weighted by Gasteiger charge is -2.22. The molecule has 0 unspecified atom stereocenters. The number of likely N-dealkylation sites (N-methyl/N-ethyl adjacent to an activating group) is 1. The number of hydrogen-bond acceptors (Lipinski definition) is 7. The molecule has 5 rings (SSSR count). The van der Waals surface area contributed by atoms with E-state index in [1.165, 1.54) is 18.3 Å². The van der Waals surface area contributed by atoms with Gasteiger partial charge in [-0.1, -0.05) is 6.07 Å². The molecule has 0 saturated carbocycles. The number of amides is 1. The van der Waals surface area contributed by atoms with Crippen molar-refractivity contribution in [3.05, 3.63) is 60.0 Å². The lowest BCUT2D eigenvalue weighted by atomic mass is 10.1. The van der Waals surface area contributed by atoms with Crippen LogP contribution in [0.2, 0.25) is 0 Å². The molecule has 170 valence electrons. The lowest BCUT2D eigenvalue weighted by molar-refractivity contribution is 0.0763. The Bertz CT molecular complexity index is 1190. The molecule has 8 nitrogen and oxygen atoms in total. The molecule has 0 aliphatic carbocycles. The van der Waals surface area contributed by atoms with Crippen LogP contribution in [-0.4, -0.2) is 65.7 Å². The number of halogens is 1. The highest BCUT2D eigenvalue weighted by Gasteiger charge is 2.24. The van der Waals surface area contributed by atoms with Crippen molar-refractivity contribution in [1.29, 1.82) is 0 Å². The predicted octanol–water partition coefficient (Wildman–Crippen LogP) is 3.53. The van der Waals surface area contributed by atoms with E-state index in [0.717, 1.165) is 25.1 Å². The summed E-state index contributed by atoms with van der Waals surface area (Å²) in [5.74, 6) is 1.49. The second kappa shape index (κ2) is 9.03. The molecule has 1 fully saturated rings. The molecular weight excluding hydrogens is 425 g/mol. The van der Waals surface area contributed by atoms with Gasteiger partial charge >= 0.3 is 0 Å². The van der Waals surface area contributed by atoms with Crippen LogP contribution in [0.15, 0.2) is 48.7 Å². The van der Waals surface area contributed by atoms with Crippen LogP contribution in [0.5, 0.6) is 11.5 Å². The summed E-state index contributed by atoms with van der Waals surface area (Å²) in [6, 6.07) is 11.5. The Balaban J connectivity index is 1.51. The molecule has 0 atom stereocenters. The smallest absolute Gasteiger partial charge is 0.259 e. The molecule has 0 spiro atoms. The summed E-state index contributed by atoms with van der Waals surface area (Å²) in [5.41, 5.74) is 1.56. The number of hydrogen-bond donors (Lipinski definition) is 1. The van der Waals surface area contributed by atoms with E-state index in [1.807, 2.05) is 18.0 Å². The molecule has 1 amide bonds. The van der Waals surface area contributed by atoms with Gasteiger partial charge in [-0.25, -0.2) is 14.4 Å². The number of nitrogens with zero attached hydrogens (tertiary/aromatic N) is 4. The number of carbonyl (C=O) groups excluding carboxylic acids is 1. The minimum absolute atomic E-state index is 0.151. The molecule has 0 radical (unpaired) electrons.